The molecule has 3 rings (SSSR count). The van der Waals surface area contributed by atoms with Gasteiger partial charge in [-0.2, -0.15) is 0 Å². The second-order valence-electron chi connectivity index (χ2n) is 7.96. The number of aryl methyl sites for hydroxylation is 1. The number of carbonyl (C=O) groups excluding carboxylic acids is 2. The first kappa shape index (κ1) is 24.6. The summed E-state index contributed by atoms with van der Waals surface area (Å²) in [5, 5.41) is 2.95. The van der Waals surface area contributed by atoms with Crippen LogP contribution in [0.2, 0.25) is 0 Å². The number of benzene rings is 3. The molecule has 0 bridgehead atoms. The number of thioether (sulfide) groups is 1. The first-order chi connectivity index (χ1) is 16.1. The van der Waals surface area contributed by atoms with E-state index in [1.807, 2.05) is 98.8 Å². The molecule has 0 aliphatic carbocycles. The molecule has 172 valence electrons. The molecule has 0 spiro atoms. The van der Waals surface area contributed by atoms with E-state index < -0.39 is 6.04 Å². The summed E-state index contributed by atoms with van der Waals surface area (Å²) in [6, 6.07) is 27.5. The number of amides is 2. The Balaban J connectivity index is 1.84. The molecule has 3 aromatic carbocycles. The van der Waals surface area contributed by atoms with Gasteiger partial charge in [-0.25, -0.2) is 0 Å². The van der Waals surface area contributed by atoms with Crippen LogP contribution in [0.15, 0.2) is 89.8 Å². The molecule has 33 heavy (non-hydrogen) atoms. The molecular formula is C28H32N2O2S. The van der Waals surface area contributed by atoms with E-state index in [4.69, 9.17) is 0 Å². The molecule has 3 aromatic rings. The summed E-state index contributed by atoms with van der Waals surface area (Å²) in [6.45, 7) is 4.89. The average Bonchev–Trinajstić information content (AvgIpc) is 2.84. The Kier molecular flexibility index (Phi) is 9.58. The SMILES string of the molecule is CCNC(=O)[C@@H](Cc1ccccc1)N(Cc1ccccc1C)C(=O)CCSc1ccccc1. The van der Waals surface area contributed by atoms with Gasteiger partial charge in [0.1, 0.15) is 6.04 Å². The van der Waals surface area contributed by atoms with E-state index in [0.717, 1.165) is 21.6 Å². The van der Waals surface area contributed by atoms with Crippen LogP contribution in [0.3, 0.4) is 0 Å². The molecule has 0 aliphatic heterocycles. The van der Waals surface area contributed by atoms with Gasteiger partial charge in [0.2, 0.25) is 11.8 Å². The van der Waals surface area contributed by atoms with Crippen LogP contribution in [0, 0.1) is 6.92 Å². The topological polar surface area (TPSA) is 49.4 Å². The Labute approximate surface area is 201 Å². The summed E-state index contributed by atoms with van der Waals surface area (Å²) in [4.78, 5) is 29.6. The second kappa shape index (κ2) is 12.9. The lowest BCUT2D eigenvalue weighted by Gasteiger charge is -2.32. The molecular weight excluding hydrogens is 428 g/mol. The molecule has 1 atom stereocenters. The Morgan fingerprint density at radius 3 is 2.21 bits per heavy atom. The van der Waals surface area contributed by atoms with Crippen LogP contribution >= 0.6 is 11.8 Å². The third-order valence-electron chi connectivity index (χ3n) is 5.55. The van der Waals surface area contributed by atoms with Crippen LogP contribution in [0.25, 0.3) is 0 Å². The van der Waals surface area contributed by atoms with Crippen LogP contribution in [0.5, 0.6) is 0 Å². The van der Waals surface area contributed by atoms with E-state index >= 15 is 0 Å². The number of rotatable bonds is 11. The van der Waals surface area contributed by atoms with Crippen LogP contribution in [-0.2, 0) is 22.6 Å². The van der Waals surface area contributed by atoms with E-state index in [-0.39, 0.29) is 11.8 Å². The van der Waals surface area contributed by atoms with Gasteiger partial charge < -0.3 is 10.2 Å². The predicted molar refractivity (Wildman–Crippen MR) is 136 cm³/mol. The van der Waals surface area contributed by atoms with Crippen molar-refractivity contribution in [1.82, 2.24) is 10.2 Å². The number of nitrogens with zero attached hydrogens (tertiary/aromatic N) is 1. The summed E-state index contributed by atoms with van der Waals surface area (Å²) < 4.78 is 0. The number of hydrogen-bond acceptors (Lipinski definition) is 3. The molecule has 5 heteroatoms. The van der Waals surface area contributed by atoms with Gasteiger partial charge in [0.25, 0.3) is 0 Å². The summed E-state index contributed by atoms with van der Waals surface area (Å²) in [5.41, 5.74) is 3.21. The van der Waals surface area contributed by atoms with E-state index in [1.165, 1.54) is 0 Å². The fourth-order valence-corrected chi connectivity index (χ4v) is 4.60. The maximum atomic E-state index is 13.5. The average molecular weight is 461 g/mol. The fourth-order valence-electron chi connectivity index (χ4n) is 3.73. The maximum Gasteiger partial charge on any atom is 0.243 e. The van der Waals surface area contributed by atoms with Crippen molar-refractivity contribution in [2.75, 3.05) is 12.3 Å². The molecule has 0 radical (unpaired) electrons. The highest BCUT2D eigenvalue weighted by molar-refractivity contribution is 7.99. The highest BCUT2D eigenvalue weighted by Crippen LogP contribution is 2.21. The minimum atomic E-state index is -0.568. The van der Waals surface area contributed by atoms with Crippen LogP contribution in [0.4, 0.5) is 0 Å². The molecule has 0 saturated heterocycles. The van der Waals surface area contributed by atoms with Gasteiger partial charge in [0.15, 0.2) is 0 Å². The molecule has 0 unspecified atom stereocenters. The Hall–Kier alpha value is -3.05. The number of carbonyl (C=O) groups is 2. The van der Waals surface area contributed by atoms with E-state index in [9.17, 15) is 9.59 Å². The van der Waals surface area contributed by atoms with Gasteiger partial charge in [0, 0.05) is 36.6 Å². The van der Waals surface area contributed by atoms with Gasteiger partial charge in [-0.05, 0) is 42.7 Å². The number of likely N-dealkylation sites (N-methyl/N-ethyl adjacent to an activating group) is 1. The summed E-state index contributed by atoms with van der Waals surface area (Å²) in [6.07, 6.45) is 0.853. The smallest absolute Gasteiger partial charge is 0.243 e. The van der Waals surface area contributed by atoms with Crippen LogP contribution in [0.1, 0.15) is 30.0 Å². The van der Waals surface area contributed by atoms with Crippen molar-refractivity contribution >= 4 is 23.6 Å². The molecule has 0 heterocycles. The maximum absolute atomic E-state index is 13.5. The molecule has 0 saturated carbocycles. The van der Waals surface area contributed by atoms with Gasteiger partial charge in [0.05, 0.1) is 0 Å². The highest BCUT2D eigenvalue weighted by Gasteiger charge is 2.30. The van der Waals surface area contributed by atoms with Crippen molar-refractivity contribution in [3.05, 3.63) is 102 Å². The predicted octanol–water partition coefficient (Wildman–Crippen LogP) is 5.25. The lowest BCUT2D eigenvalue weighted by molar-refractivity contribution is -0.140. The number of hydrogen-bond donors (Lipinski definition) is 1. The molecule has 0 aliphatic rings. The van der Waals surface area contributed by atoms with Crippen molar-refractivity contribution < 1.29 is 9.59 Å². The lowest BCUT2D eigenvalue weighted by Crippen LogP contribution is -2.50. The molecule has 1 N–H and O–H groups in total. The minimum Gasteiger partial charge on any atom is -0.355 e. The largest absolute Gasteiger partial charge is 0.355 e. The van der Waals surface area contributed by atoms with Crippen molar-refractivity contribution in [3.63, 3.8) is 0 Å². The zero-order valence-electron chi connectivity index (χ0n) is 19.4. The van der Waals surface area contributed by atoms with Crippen LogP contribution < -0.4 is 5.32 Å². The summed E-state index contributed by atoms with van der Waals surface area (Å²) in [5.74, 6) is 0.550. The Morgan fingerprint density at radius 1 is 0.909 bits per heavy atom. The third-order valence-corrected chi connectivity index (χ3v) is 6.57. The number of nitrogens with one attached hydrogen (secondary N) is 1. The highest BCUT2D eigenvalue weighted by atomic mass is 32.2. The van der Waals surface area contributed by atoms with Crippen LogP contribution in [-0.4, -0.2) is 35.1 Å². The van der Waals surface area contributed by atoms with Crippen molar-refractivity contribution in [2.45, 2.75) is 44.2 Å². The van der Waals surface area contributed by atoms with Crippen molar-refractivity contribution in [1.29, 1.82) is 0 Å². The lowest BCUT2D eigenvalue weighted by atomic mass is 10.0. The minimum absolute atomic E-state index is 0.00568. The van der Waals surface area contributed by atoms with Gasteiger partial charge in [-0.3, -0.25) is 9.59 Å². The van der Waals surface area contributed by atoms with E-state index in [0.29, 0.717) is 31.7 Å². The quantitative estimate of drug-likeness (QED) is 0.398. The molecule has 0 fully saturated rings. The zero-order valence-corrected chi connectivity index (χ0v) is 20.2. The van der Waals surface area contributed by atoms with Crippen molar-refractivity contribution in [2.24, 2.45) is 0 Å². The Morgan fingerprint density at radius 2 is 1.55 bits per heavy atom. The van der Waals surface area contributed by atoms with E-state index in [1.54, 1.807) is 16.7 Å². The standard InChI is InChI=1S/C28H32N2O2S/c1-3-29-28(32)26(20-23-13-6-4-7-14-23)30(21-24-15-11-10-12-22(24)2)27(31)18-19-33-25-16-8-5-9-17-25/h4-17,26H,3,18-21H2,1-2H3,(H,29,32)/t26-/m1/s1. The third kappa shape index (κ3) is 7.50. The first-order valence-electron chi connectivity index (χ1n) is 11.4. The second-order valence-corrected chi connectivity index (χ2v) is 9.13. The molecule has 0 aromatic heterocycles. The summed E-state index contributed by atoms with van der Waals surface area (Å²) >= 11 is 1.66. The van der Waals surface area contributed by atoms with Crippen molar-refractivity contribution in [3.8, 4) is 0 Å². The fraction of sp³-hybridized carbons (Fsp3) is 0.286. The monoisotopic (exact) mass is 460 g/mol. The molecule has 4 nitrogen and oxygen atoms in total. The Bertz CT molecular complexity index is 1020. The summed E-state index contributed by atoms with van der Waals surface area (Å²) in [7, 11) is 0. The normalized spacial score (nSPS) is 11.6. The molecule has 2 amide bonds. The van der Waals surface area contributed by atoms with Gasteiger partial charge >= 0.3 is 0 Å². The van der Waals surface area contributed by atoms with Gasteiger partial charge in [-0.15, -0.1) is 11.8 Å². The van der Waals surface area contributed by atoms with E-state index in [2.05, 4.69) is 5.32 Å². The zero-order chi connectivity index (χ0) is 23.5. The van der Waals surface area contributed by atoms with Gasteiger partial charge in [-0.1, -0.05) is 72.8 Å². The first-order valence-corrected chi connectivity index (χ1v) is 12.4.